The molecule has 1 saturated heterocycles. The number of fused-ring (bicyclic) bond motifs is 1. The monoisotopic (exact) mass is 393 g/mol. The maximum atomic E-state index is 12.8. The Labute approximate surface area is 171 Å². The molecule has 29 heavy (non-hydrogen) atoms. The van der Waals surface area contributed by atoms with Crippen LogP contribution in [0.4, 0.5) is 11.4 Å². The number of hydrogen-bond acceptors (Lipinski definition) is 4. The molecular formula is C23H27N3O3. The summed E-state index contributed by atoms with van der Waals surface area (Å²) in [4.78, 5) is 31.4. The molecule has 2 amide bonds. The van der Waals surface area contributed by atoms with Gasteiger partial charge >= 0.3 is 0 Å². The molecule has 2 heterocycles. The Morgan fingerprint density at radius 1 is 0.897 bits per heavy atom. The zero-order valence-corrected chi connectivity index (χ0v) is 16.8. The number of rotatable bonds is 4. The largest absolute Gasteiger partial charge is 0.487 e. The average Bonchev–Trinajstić information content (AvgIpc) is 2.77. The van der Waals surface area contributed by atoms with E-state index in [1.54, 1.807) is 4.90 Å². The van der Waals surface area contributed by atoms with Gasteiger partial charge in [0.1, 0.15) is 11.9 Å². The van der Waals surface area contributed by atoms with Crippen LogP contribution in [0.2, 0.25) is 0 Å². The lowest BCUT2D eigenvalue weighted by Crippen LogP contribution is -2.49. The molecule has 6 heteroatoms. The van der Waals surface area contributed by atoms with E-state index in [0.29, 0.717) is 19.6 Å². The van der Waals surface area contributed by atoms with Gasteiger partial charge in [-0.05, 0) is 31.2 Å². The van der Waals surface area contributed by atoms with Crippen molar-refractivity contribution in [3.63, 3.8) is 0 Å². The van der Waals surface area contributed by atoms with Gasteiger partial charge in [0.05, 0.1) is 12.2 Å². The Hall–Kier alpha value is -3.02. The Kier molecular flexibility index (Phi) is 5.69. The predicted molar refractivity (Wildman–Crippen MR) is 113 cm³/mol. The lowest BCUT2D eigenvalue weighted by Gasteiger charge is -2.36. The highest BCUT2D eigenvalue weighted by atomic mass is 16.5. The zero-order chi connectivity index (χ0) is 20.2. The summed E-state index contributed by atoms with van der Waals surface area (Å²) < 4.78 is 5.81. The molecule has 0 radical (unpaired) electrons. The number of benzene rings is 2. The predicted octanol–water partition coefficient (Wildman–Crippen LogP) is 2.93. The highest BCUT2D eigenvalue weighted by molar-refractivity contribution is 5.97. The molecule has 0 aromatic heterocycles. The first-order valence-corrected chi connectivity index (χ1v) is 10.3. The smallest absolute Gasteiger partial charge is 0.227 e. The molecule has 0 bridgehead atoms. The van der Waals surface area contributed by atoms with E-state index in [1.807, 2.05) is 54.3 Å². The molecule has 2 aromatic carbocycles. The van der Waals surface area contributed by atoms with Gasteiger partial charge in [-0.25, -0.2) is 0 Å². The molecular weight excluding hydrogens is 366 g/mol. The molecule has 6 nitrogen and oxygen atoms in total. The summed E-state index contributed by atoms with van der Waals surface area (Å²) >= 11 is 0. The second-order valence-corrected chi connectivity index (χ2v) is 7.60. The van der Waals surface area contributed by atoms with Crippen LogP contribution in [0, 0.1) is 0 Å². The molecule has 0 unspecified atom stereocenters. The van der Waals surface area contributed by atoms with Crippen molar-refractivity contribution < 1.29 is 14.3 Å². The van der Waals surface area contributed by atoms with Crippen molar-refractivity contribution in [1.29, 1.82) is 0 Å². The Balaban J connectivity index is 1.30. The number of para-hydroxylation sites is 3. The van der Waals surface area contributed by atoms with Gasteiger partial charge in [-0.15, -0.1) is 0 Å². The van der Waals surface area contributed by atoms with E-state index in [-0.39, 0.29) is 30.8 Å². The molecule has 2 aromatic rings. The molecule has 0 aliphatic carbocycles. The standard InChI is InChI=1S/C23H27N3O3/c1-18-17-26(20-9-5-6-10-21(20)29-18)23(28)12-11-22(27)25-15-13-24(14-16-25)19-7-3-2-4-8-19/h2-10,18H,11-17H2,1H3/t18-/m1/s1. The van der Waals surface area contributed by atoms with Crippen LogP contribution < -0.4 is 14.5 Å². The molecule has 0 spiro atoms. The molecule has 2 aliphatic rings. The van der Waals surface area contributed by atoms with E-state index in [9.17, 15) is 9.59 Å². The van der Waals surface area contributed by atoms with Crippen LogP contribution in [-0.4, -0.2) is 55.5 Å². The van der Waals surface area contributed by atoms with Crippen LogP contribution in [-0.2, 0) is 9.59 Å². The van der Waals surface area contributed by atoms with Crippen LogP contribution >= 0.6 is 0 Å². The van der Waals surface area contributed by atoms with E-state index in [4.69, 9.17) is 4.74 Å². The highest BCUT2D eigenvalue weighted by Gasteiger charge is 2.28. The number of ether oxygens (including phenoxy) is 1. The molecule has 2 aliphatic heterocycles. The van der Waals surface area contributed by atoms with Gasteiger partial charge in [0.2, 0.25) is 11.8 Å². The van der Waals surface area contributed by atoms with Gasteiger partial charge in [-0.1, -0.05) is 30.3 Å². The van der Waals surface area contributed by atoms with E-state index < -0.39 is 0 Å². The fourth-order valence-electron chi connectivity index (χ4n) is 3.99. The van der Waals surface area contributed by atoms with Crippen molar-refractivity contribution in [2.45, 2.75) is 25.9 Å². The summed E-state index contributed by atoms with van der Waals surface area (Å²) in [6.07, 6.45) is 0.409. The molecule has 0 saturated carbocycles. The normalized spacial score (nSPS) is 18.8. The summed E-state index contributed by atoms with van der Waals surface area (Å²) in [5.74, 6) is 0.757. The number of anilines is 2. The number of piperazine rings is 1. The SMILES string of the molecule is C[C@@H]1CN(C(=O)CCC(=O)N2CCN(c3ccccc3)CC2)c2ccccc2O1. The van der Waals surface area contributed by atoms with Gasteiger partial charge in [-0.2, -0.15) is 0 Å². The number of carbonyl (C=O) groups is 2. The van der Waals surface area contributed by atoms with Crippen molar-refractivity contribution in [2.24, 2.45) is 0 Å². The second kappa shape index (κ2) is 8.55. The molecule has 1 atom stereocenters. The van der Waals surface area contributed by atoms with Gasteiger partial charge in [0.15, 0.2) is 0 Å². The fourth-order valence-corrected chi connectivity index (χ4v) is 3.99. The third-order valence-corrected chi connectivity index (χ3v) is 5.53. The first-order valence-electron chi connectivity index (χ1n) is 10.3. The van der Waals surface area contributed by atoms with E-state index in [2.05, 4.69) is 17.0 Å². The number of amides is 2. The van der Waals surface area contributed by atoms with Crippen LogP contribution in [0.3, 0.4) is 0 Å². The summed E-state index contributed by atoms with van der Waals surface area (Å²) in [6, 6.07) is 17.8. The topological polar surface area (TPSA) is 53.1 Å². The minimum atomic E-state index is -0.0596. The minimum absolute atomic E-state index is 0.0242. The Morgan fingerprint density at radius 2 is 1.55 bits per heavy atom. The summed E-state index contributed by atoms with van der Waals surface area (Å²) in [5.41, 5.74) is 1.98. The van der Waals surface area contributed by atoms with Crippen molar-refractivity contribution in [2.75, 3.05) is 42.5 Å². The molecule has 1 fully saturated rings. The number of hydrogen-bond donors (Lipinski definition) is 0. The summed E-state index contributed by atoms with van der Waals surface area (Å²) in [5, 5.41) is 0. The van der Waals surface area contributed by atoms with Gasteiger partial charge in [-0.3, -0.25) is 9.59 Å². The third-order valence-electron chi connectivity index (χ3n) is 5.53. The molecule has 4 rings (SSSR count). The Morgan fingerprint density at radius 3 is 2.31 bits per heavy atom. The summed E-state index contributed by atoms with van der Waals surface area (Å²) in [7, 11) is 0. The first kappa shape index (κ1) is 19.3. The maximum absolute atomic E-state index is 12.8. The van der Waals surface area contributed by atoms with Crippen LogP contribution in [0.5, 0.6) is 5.75 Å². The van der Waals surface area contributed by atoms with Crippen molar-refractivity contribution in [3.8, 4) is 5.75 Å². The van der Waals surface area contributed by atoms with Crippen LogP contribution in [0.1, 0.15) is 19.8 Å². The average molecular weight is 393 g/mol. The quantitative estimate of drug-likeness (QED) is 0.802. The number of carbonyl (C=O) groups excluding carboxylic acids is 2. The molecule has 0 N–H and O–H groups in total. The van der Waals surface area contributed by atoms with Crippen LogP contribution in [0.15, 0.2) is 54.6 Å². The lowest BCUT2D eigenvalue weighted by molar-refractivity contribution is -0.133. The van der Waals surface area contributed by atoms with E-state index in [1.165, 1.54) is 5.69 Å². The molecule has 152 valence electrons. The van der Waals surface area contributed by atoms with Gasteiger partial charge in [0.25, 0.3) is 0 Å². The van der Waals surface area contributed by atoms with Crippen molar-refractivity contribution in [3.05, 3.63) is 54.6 Å². The maximum Gasteiger partial charge on any atom is 0.227 e. The highest BCUT2D eigenvalue weighted by Crippen LogP contribution is 2.33. The summed E-state index contributed by atoms with van der Waals surface area (Å²) in [6.45, 7) is 5.49. The van der Waals surface area contributed by atoms with E-state index >= 15 is 0 Å². The number of nitrogens with zero attached hydrogens (tertiary/aromatic N) is 3. The first-order chi connectivity index (χ1) is 14.1. The zero-order valence-electron chi connectivity index (χ0n) is 16.8. The van der Waals surface area contributed by atoms with Gasteiger partial charge < -0.3 is 19.4 Å². The third kappa shape index (κ3) is 4.36. The van der Waals surface area contributed by atoms with Crippen molar-refractivity contribution >= 4 is 23.2 Å². The minimum Gasteiger partial charge on any atom is -0.487 e. The van der Waals surface area contributed by atoms with Crippen molar-refractivity contribution in [1.82, 2.24) is 4.90 Å². The van der Waals surface area contributed by atoms with Crippen LogP contribution in [0.25, 0.3) is 0 Å². The van der Waals surface area contributed by atoms with E-state index in [0.717, 1.165) is 24.5 Å². The Bertz CT molecular complexity index is 863. The van der Waals surface area contributed by atoms with Gasteiger partial charge in [0, 0.05) is 44.7 Å². The lowest BCUT2D eigenvalue weighted by atomic mass is 10.1. The second-order valence-electron chi connectivity index (χ2n) is 7.60. The fraction of sp³-hybridized carbons (Fsp3) is 0.391.